The highest BCUT2D eigenvalue weighted by Gasteiger charge is 2.17. The summed E-state index contributed by atoms with van der Waals surface area (Å²) in [6, 6.07) is 13.5. The van der Waals surface area contributed by atoms with E-state index in [1.54, 1.807) is 30.3 Å². The van der Waals surface area contributed by atoms with Gasteiger partial charge in [-0.25, -0.2) is 8.42 Å². The third kappa shape index (κ3) is 3.78. The van der Waals surface area contributed by atoms with E-state index in [0.29, 0.717) is 11.3 Å². The van der Waals surface area contributed by atoms with Crippen molar-refractivity contribution in [1.82, 2.24) is 0 Å². The van der Waals surface area contributed by atoms with E-state index in [-0.39, 0.29) is 16.6 Å². The quantitative estimate of drug-likeness (QED) is 0.932. The molecule has 0 saturated heterocycles. The van der Waals surface area contributed by atoms with Crippen LogP contribution >= 0.6 is 11.6 Å². The molecule has 2 aromatic carbocycles. The number of hydrogen-bond donors (Lipinski definition) is 1. The molecule has 0 fully saturated rings. The molecule has 0 aliphatic carbocycles. The second-order valence-electron chi connectivity index (χ2n) is 4.72. The minimum atomic E-state index is -3.46. The molecule has 0 saturated carbocycles. The molecule has 1 amide bonds. The van der Waals surface area contributed by atoms with Crippen molar-refractivity contribution in [2.45, 2.75) is 0 Å². The third-order valence-corrected chi connectivity index (χ3v) is 4.59. The van der Waals surface area contributed by atoms with E-state index >= 15 is 0 Å². The number of hydrogen-bond acceptors (Lipinski definition) is 3. The molecule has 0 heterocycles. The number of nitrogens with zero attached hydrogens (tertiary/aromatic N) is 1. The predicted molar refractivity (Wildman–Crippen MR) is 89.1 cm³/mol. The van der Waals surface area contributed by atoms with Gasteiger partial charge in [-0.05, 0) is 30.3 Å². The Morgan fingerprint density at radius 3 is 2.36 bits per heavy atom. The first kappa shape index (κ1) is 16.3. The van der Waals surface area contributed by atoms with E-state index in [0.717, 1.165) is 10.6 Å². The molecule has 22 heavy (non-hydrogen) atoms. The van der Waals surface area contributed by atoms with Crippen molar-refractivity contribution in [3.63, 3.8) is 0 Å². The molecule has 0 atom stereocenters. The lowest BCUT2D eigenvalue weighted by Gasteiger charge is -2.18. The fourth-order valence-corrected chi connectivity index (χ4v) is 2.60. The molecule has 0 radical (unpaired) electrons. The summed E-state index contributed by atoms with van der Waals surface area (Å²) in [5, 5.41) is 2.99. The normalized spacial score (nSPS) is 11.0. The molecule has 7 heteroatoms. The van der Waals surface area contributed by atoms with Gasteiger partial charge in [-0.3, -0.25) is 9.10 Å². The van der Waals surface area contributed by atoms with Crippen LogP contribution in [0.25, 0.3) is 0 Å². The zero-order chi connectivity index (χ0) is 16.3. The van der Waals surface area contributed by atoms with Crippen LogP contribution in [0.2, 0.25) is 5.02 Å². The van der Waals surface area contributed by atoms with Gasteiger partial charge in [0.15, 0.2) is 0 Å². The second-order valence-corrected chi connectivity index (χ2v) is 7.14. The van der Waals surface area contributed by atoms with Crippen LogP contribution in [0, 0.1) is 0 Å². The molecule has 0 aromatic heterocycles. The van der Waals surface area contributed by atoms with Gasteiger partial charge in [-0.2, -0.15) is 0 Å². The number of carbonyl (C=O) groups excluding carboxylic acids is 1. The summed E-state index contributed by atoms with van der Waals surface area (Å²) in [6.45, 7) is 0. The maximum absolute atomic E-state index is 12.2. The maximum Gasteiger partial charge on any atom is 0.255 e. The fourth-order valence-electron chi connectivity index (χ4n) is 1.80. The second kappa shape index (κ2) is 6.37. The SMILES string of the molecule is CN(c1cc(C(=O)Nc2ccccc2)ccc1Cl)S(C)(=O)=O. The molecule has 0 aliphatic rings. The van der Waals surface area contributed by atoms with Crippen LogP contribution in [0.3, 0.4) is 0 Å². The number of anilines is 2. The van der Waals surface area contributed by atoms with Gasteiger partial charge in [0.1, 0.15) is 0 Å². The fraction of sp³-hybridized carbons (Fsp3) is 0.133. The lowest BCUT2D eigenvalue weighted by Crippen LogP contribution is -2.25. The summed E-state index contributed by atoms with van der Waals surface area (Å²) in [4.78, 5) is 12.2. The number of sulfonamides is 1. The summed E-state index contributed by atoms with van der Waals surface area (Å²) in [5.74, 6) is -0.342. The minimum Gasteiger partial charge on any atom is -0.322 e. The van der Waals surface area contributed by atoms with Gasteiger partial charge in [0.25, 0.3) is 5.91 Å². The predicted octanol–water partition coefficient (Wildman–Crippen LogP) is 2.99. The number of para-hydroxylation sites is 1. The van der Waals surface area contributed by atoms with Crippen LogP contribution in [0.5, 0.6) is 0 Å². The maximum atomic E-state index is 12.2. The van der Waals surface area contributed by atoms with Crippen LogP contribution < -0.4 is 9.62 Å². The van der Waals surface area contributed by atoms with E-state index in [1.165, 1.54) is 19.2 Å². The molecule has 5 nitrogen and oxygen atoms in total. The third-order valence-electron chi connectivity index (χ3n) is 3.08. The van der Waals surface area contributed by atoms with E-state index in [1.807, 2.05) is 6.07 Å². The Bertz CT molecular complexity index is 792. The Hall–Kier alpha value is -2.05. The Kier molecular flexibility index (Phi) is 4.73. The van der Waals surface area contributed by atoms with E-state index in [2.05, 4.69) is 5.32 Å². The van der Waals surface area contributed by atoms with Gasteiger partial charge in [0.05, 0.1) is 17.0 Å². The minimum absolute atomic E-state index is 0.254. The summed E-state index contributed by atoms with van der Waals surface area (Å²) >= 11 is 6.02. The Morgan fingerprint density at radius 2 is 1.77 bits per heavy atom. The molecule has 0 bridgehead atoms. The van der Waals surface area contributed by atoms with Crippen molar-refractivity contribution in [2.75, 3.05) is 22.9 Å². The van der Waals surface area contributed by atoms with Gasteiger partial charge in [0, 0.05) is 18.3 Å². The van der Waals surface area contributed by atoms with Crippen LogP contribution in [-0.4, -0.2) is 27.6 Å². The van der Waals surface area contributed by atoms with Crippen molar-refractivity contribution >= 4 is 38.9 Å². The van der Waals surface area contributed by atoms with Crippen molar-refractivity contribution in [1.29, 1.82) is 0 Å². The van der Waals surface area contributed by atoms with Crippen LogP contribution in [-0.2, 0) is 10.0 Å². The molecule has 2 aromatic rings. The monoisotopic (exact) mass is 338 g/mol. The van der Waals surface area contributed by atoms with Crippen molar-refractivity contribution in [2.24, 2.45) is 0 Å². The van der Waals surface area contributed by atoms with Crippen LogP contribution in [0.1, 0.15) is 10.4 Å². The summed E-state index contributed by atoms with van der Waals surface area (Å²) < 4.78 is 24.3. The average Bonchev–Trinajstić information content (AvgIpc) is 2.47. The topological polar surface area (TPSA) is 66.5 Å². The highest BCUT2D eigenvalue weighted by Crippen LogP contribution is 2.28. The number of carbonyl (C=O) groups is 1. The van der Waals surface area contributed by atoms with Gasteiger partial charge in [0.2, 0.25) is 10.0 Å². The molecule has 0 unspecified atom stereocenters. The molecule has 0 aliphatic heterocycles. The number of amides is 1. The van der Waals surface area contributed by atoms with E-state index in [9.17, 15) is 13.2 Å². The van der Waals surface area contributed by atoms with Crippen molar-refractivity contribution in [3.8, 4) is 0 Å². The first-order valence-electron chi connectivity index (χ1n) is 6.39. The zero-order valence-electron chi connectivity index (χ0n) is 12.1. The first-order chi connectivity index (χ1) is 10.3. The first-order valence-corrected chi connectivity index (χ1v) is 8.61. The Morgan fingerprint density at radius 1 is 1.14 bits per heavy atom. The molecule has 2 rings (SSSR count). The summed E-state index contributed by atoms with van der Waals surface area (Å²) in [6.07, 6.45) is 1.07. The van der Waals surface area contributed by atoms with Gasteiger partial charge in [-0.15, -0.1) is 0 Å². The van der Waals surface area contributed by atoms with Crippen LogP contribution in [0.15, 0.2) is 48.5 Å². The van der Waals surface area contributed by atoms with Gasteiger partial charge in [-0.1, -0.05) is 29.8 Å². The standard InChI is InChI=1S/C15H15ClN2O3S/c1-18(22(2,20)21)14-10-11(8-9-13(14)16)15(19)17-12-6-4-3-5-7-12/h3-10H,1-2H3,(H,17,19). The highest BCUT2D eigenvalue weighted by atomic mass is 35.5. The number of halogens is 1. The highest BCUT2D eigenvalue weighted by molar-refractivity contribution is 7.92. The van der Waals surface area contributed by atoms with Crippen LogP contribution in [0.4, 0.5) is 11.4 Å². The average molecular weight is 339 g/mol. The number of rotatable bonds is 4. The zero-order valence-corrected chi connectivity index (χ0v) is 13.6. The molecular formula is C15H15ClN2O3S. The summed E-state index contributed by atoms with van der Waals surface area (Å²) in [7, 11) is -2.08. The number of benzene rings is 2. The smallest absolute Gasteiger partial charge is 0.255 e. The molecular weight excluding hydrogens is 324 g/mol. The number of nitrogens with one attached hydrogen (secondary N) is 1. The van der Waals surface area contributed by atoms with Crippen molar-refractivity contribution < 1.29 is 13.2 Å². The lowest BCUT2D eigenvalue weighted by molar-refractivity contribution is 0.102. The van der Waals surface area contributed by atoms with Gasteiger partial charge < -0.3 is 5.32 Å². The molecule has 1 N–H and O–H groups in total. The summed E-state index contributed by atoms with van der Waals surface area (Å²) in [5.41, 5.74) is 1.23. The Balaban J connectivity index is 2.31. The van der Waals surface area contributed by atoms with E-state index < -0.39 is 10.0 Å². The Labute approximate surface area is 134 Å². The molecule has 0 spiro atoms. The largest absolute Gasteiger partial charge is 0.322 e. The van der Waals surface area contributed by atoms with Crippen molar-refractivity contribution in [3.05, 3.63) is 59.1 Å². The van der Waals surface area contributed by atoms with E-state index in [4.69, 9.17) is 11.6 Å². The lowest BCUT2D eigenvalue weighted by atomic mass is 10.2. The van der Waals surface area contributed by atoms with Gasteiger partial charge >= 0.3 is 0 Å². The molecule has 116 valence electrons.